The molecule has 0 amide bonds. The summed E-state index contributed by atoms with van der Waals surface area (Å²) in [7, 11) is 0. The van der Waals surface area contributed by atoms with Crippen molar-refractivity contribution in [2.24, 2.45) is 0 Å². The van der Waals surface area contributed by atoms with Gasteiger partial charge in [0.2, 0.25) is 0 Å². The molecule has 0 heterocycles. The van der Waals surface area contributed by atoms with Crippen LogP contribution in [0.25, 0.3) is 0 Å². The molecular formula is C9H21Nd. The Hall–Kier alpha value is 1.35. The van der Waals surface area contributed by atoms with Gasteiger partial charge in [0.05, 0.1) is 0 Å². The first-order valence-electron chi connectivity index (χ1n) is 3.46. The molecule has 0 saturated heterocycles. The van der Waals surface area contributed by atoms with Crippen molar-refractivity contribution in [2.45, 2.75) is 41.5 Å². The first kappa shape index (κ1) is 22.5. The van der Waals surface area contributed by atoms with Gasteiger partial charge in [0.15, 0.2) is 0 Å². The smallest absolute Gasteiger partial charge is 0.335 e. The van der Waals surface area contributed by atoms with Crippen molar-refractivity contribution >= 4 is 0 Å². The van der Waals surface area contributed by atoms with Crippen molar-refractivity contribution in [2.75, 3.05) is 0 Å². The standard InChI is InChI=1S/3C3H7.Nd/c3*1-3-2;/h3*3H,1-2H3;/q3*-1;+3. The Kier molecular flexibility index (Phi) is 108. The van der Waals surface area contributed by atoms with Crippen LogP contribution in [0.3, 0.4) is 0 Å². The SMILES string of the molecule is C[CH-]C.C[CH-]C.C[CH-]C.[Nd+3]. The fourth-order valence-corrected chi connectivity index (χ4v) is 0. The predicted molar refractivity (Wildman–Crippen MR) is 46.9 cm³/mol. The minimum atomic E-state index is 0. The van der Waals surface area contributed by atoms with Crippen LogP contribution < -0.4 is 0 Å². The van der Waals surface area contributed by atoms with E-state index >= 15 is 0 Å². The van der Waals surface area contributed by atoms with Gasteiger partial charge in [-0.05, 0) is 0 Å². The minimum Gasteiger partial charge on any atom is -0.335 e. The Morgan fingerprint density at radius 3 is 0.500 bits per heavy atom. The van der Waals surface area contributed by atoms with Crippen LogP contribution in [0.15, 0.2) is 0 Å². The molecule has 0 aliphatic carbocycles. The van der Waals surface area contributed by atoms with E-state index in [9.17, 15) is 0 Å². The summed E-state index contributed by atoms with van der Waals surface area (Å²) < 4.78 is 0. The van der Waals surface area contributed by atoms with E-state index in [1.165, 1.54) is 0 Å². The topological polar surface area (TPSA) is 0 Å². The number of rotatable bonds is 0. The van der Waals surface area contributed by atoms with Gasteiger partial charge in [-0.2, -0.15) is 41.5 Å². The van der Waals surface area contributed by atoms with E-state index in [-0.39, 0.29) is 40.8 Å². The Morgan fingerprint density at radius 2 is 0.500 bits per heavy atom. The van der Waals surface area contributed by atoms with Gasteiger partial charge in [-0.15, -0.1) is 0 Å². The monoisotopic (exact) mass is 271 g/mol. The van der Waals surface area contributed by atoms with E-state index in [1.54, 1.807) is 0 Å². The van der Waals surface area contributed by atoms with E-state index in [2.05, 4.69) is 0 Å². The molecule has 0 aromatic carbocycles. The maximum Gasteiger partial charge on any atom is 3.00 e. The van der Waals surface area contributed by atoms with Crippen LogP contribution in [0.2, 0.25) is 0 Å². The van der Waals surface area contributed by atoms with Crippen molar-refractivity contribution in [3.8, 4) is 0 Å². The summed E-state index contributed by atoms with van der Waals surface area (Å²) in [4.78, 5) is 0. The molecule has 0 bridgehead atoms. The molecule has 0 aliphatic heterocycles. The van der Waals surface area contributed by atoms with Crippen LogP contribution in [0, 0.1) is 60.1 Å². The molecule has 0 N–H and O–H groups in total. The summed E-state index contributed by atoms with van der Waals surface area (Å²) in [6.07, 6.45) is 6.00. The molecule has 0 aromatic rings. The van der Waals surface area contributed by atoms with Gasteiger partial charge >= 0.3 is 40.8 Å². The van der Waals surface area contributed by atoms with Crippen molar-refractivity contribution in [1.29, 1.82) is 0 Å². The zero-order valence-electron chi connectivity index (χ0n) is 8.23. The number of hydrogen-bond acceptors (Lipinski definition) is 0. The summed E-state index contributed by atoms with van der Waals surface area (Å²) in [5, 5.41) is 0. The molecule has 0 atom stereocenters. The van der Waals surface area contributed by atoms with Crippen molar-refractivity contribution in [1.82, 2.24) is 0 Å². The first-order valence-corrected chi connectivity index (χ1v) is 3.46. The Bertz CT molecular complexity index is 9.44. The molecule has 0 spiro atoms. The second-order valence-corrected chi connectivity index (χ2v) is 1.73. The predicted octanol–water partition coefficient (Wildman–Crippen LogP) is 3.69. The van der Waals surface area contributed by atoms with Crippen LogP contribution in [0.1, 0.15) is 41.5 Å². The fraction of sp³-hybridized carbons (Fsp3) is 0.667. The molecule has 1 radical (unpaired) electrons. The summed E-state index contributed by atoms with van der Waals surface area (Å²) in [6.45, 7) is 12.0. The van der Waals surface area contributed by atoms with Crippen LogP contribution in [0.5, 0.6) is 0 Å². The van der Waals surface area contributed by atoms with Crippen LogP contribution in [-0.4, -0.2) is 0 Å². The van der Waals surface area contributed by atoms with E-state index in [0.29, 0.717) is 0 Å². The molecular weight excluding hydrogens is 252 g/mol. The van der Waals surface area contributed by atoms with Gasteiger partial charge in [-0.25, -0.2) is 0 Å². The summed E-state index contributed by atoms with van der Waals surface area (Å²) in [5.41, 5.74) is 0. The molecule has 10 heavy (non-hydrogen) atoms. The molecule has 0 unspecified atom stereocenters. The van der Waals surface area contributed by atoms with Gasteiger partial charge in [0.1, 0.15) is 0 Å². The molecule has 61 valence electrons. The Labute approximate surface area is 101 Å². The normalized spacial score (nSPS) is 5.40. The minimum absolute atomic E-state index is 0. The average molecular weight is 274 g/mol. The van der Waals surface area contributed by atoms with Gasteiger partial charge < -0.3 is 19.3 Å². The van der Waals surface area contributed by atoms with Gasteiger partial charge in [0.25, 0.3) is 0 Å². The van der Waals surface area contributed by atoms with Crippen LogP contribution >= 0.6 is 0 Å². The van der Waals surface area contributed by atoms with Crippen molar-refractivity contribution in [3.05, 3.63) is 19.3 Å². The largest absolute Gasteiger partial charge is 3.00 e. The summed E-state index contributed by atoms with van der Waals surface area (Å²) >= 11 is 0. The van der Waals surface area contributed by atoms with Crippen molar-refractivity contribution in [3.63, 3.8) is 0 Å². The zero-order chi connectivity index (χ0) is 8.12. The van der Waals surface area contributed by atoms with E-state index in [0.717, 1.165) is 0 Å². The zero-order valence-corrected chi connectivity index (χ0v) is 11.4. The average Bonchev–Trinajstić information content (AvgIpc) is 1.70. The molecule has 0 nitrogen and oxygen atoms in total. The van der Waals surface area contributed by atoms with E-state index in [1.807, 2.05) is 60.8 Å². The molecule has 0 saturated carbocycles. The molecule has 0 fully saturated rings. The van der Waals surface area contributed by atoms with E-state index < -0.39 is 0 Å². The van der Waals surface area contributed by atoms with Crippen LogP contribution in [-0.2, 0) is 0 Å². The van der Waals surface area contributed by atoms with Gasteiger partial charge in [-0.1, -0.05) is 0 Å². The first-order chi connectivity index (χ1) is 4.24. The quantitative estimate of drug-likeness (QED) is 0.591. The second-order valence-electron chi connectivity index (χ2n) is 1.73. The fourth-order valence-electron chi connectivity index (χ4n) is 0. The summed E-state index contributed by atoms with van der Waals surface area (Å²) in [6, 6.07) is 0. The molecule has 0 aliphatic rings. The maximum absolute atomic E-state index is 2.00. The number of hydrogen-bond donors (Lipinski definition) is 0. The van der Waals surface area contributed by atoms with Crippen molar-refractivity contribution < 1.29 is 40.8 Å². The van der Waals surface area contributed by atoms with Gasteiger partial charge in [-0.3, -0.25) is 0 Å². The van der Waals surface area contributed by atoms with E-state index in [4.69, 9.17) is 0 Å². The maximum atomic E-state index is 2.00. The molecule has 1 heteroatoms. The third-order valence-corrected chi connectivity index (χ3v) is 0. The Morgan fingerprint density at radius 1 is 0.500 bits per heavy atom. The van der Waals surface area contributed by atoms with Crippen LogP contribution in [0.4, 0.5) is 0 Å². The molecule has 0 aromatic heterocycles. The molecule has 0 rings (SSSR count). The Balaban J connectivity index is -0.0000000257. The third-order valence-electron chi connectivity index (χ3n) is 0. The van der Waals surface area contributed by atoms with Gasteiger partial charge in [0, 0.05) is 0 Å². The second kappa shape index (κ2) is 47.8. The third kappa shape index (κ3) is 357. The summed E-state index contributed by atoms with van der Waals surface area (Å²) in [5.74, 6) is 0.